The zero-order chi connectivity index (χ0) is 34.6. The summed E-state index contributed by atoms with van der Waals surface area (Å²) in [7, 11) is 0. The molecule has 1 aliphatic carbocycles. The normalized spacial score (nSPS) is 13.3. The fourth-order valence-electron chi connectivity index (χ4n) is 9.07. The average Bonchev–Trinajstić information content (AvgIpc) is 3.65. The second kappa shape index (κ2) is 10.8. The molecule has 0 atom stereocenters. The van der Waals surface area contributed by atoms with Crippen molar-refractivity contribution >= 4 is 54.3 Å². The molecule has 0 N–H and O–H groups in total. The van der Waals surface area contributed by atoms with E-state index in [1.165, 1.54) is 88.0 Å². The topological polar surface area (TPSA) is 13.1 Å². The molecule has 11 rings (SSSR count). The third-order valence-corrected chi connectivity index (χ3v) is 11.6. The first-order valence-corrected chi connectivity index (χ1v) is 18.2. The Morgan fingerprint density at radius 1 is 0.346 bits per heavy atom. The van der Waals surface area contributed by atoms with Crippen molar-refractivity contribution in [2.45, 2.75) is 19.3 Å². The Balaban J connectivity index is 1.05. The van der Waals surface area contributed by atoms with Crippen LogP contribution in [-0.4, -0.2) is 0 Å². The van der Waals surface area contributed by atoms with Crippen LogP contribution in [0, 0.1) is 0 Å². The van der Waals surface area contributed by atoms with E-state index in [0.717, 1.165) is 21.9 Å². The van der Waals surface area contributed by atoms with Crippen LogP contribution in [0.1, 0.15) is 25.0 Å². The average molecular weight is 663 g/mol. The Labute approximate surface area is 302 Å². The number of rotatable bonds is 3. The molecule has 1 aliphatic rings. The summed E-state index contributed by atoms with van der Waals surface area (Å²) in [6, 6.07) is 62.5. The maximum atomic E-state index is 6.33. The van der Waals surface area contributed by atoms with Crippen molar-refractivity contribution in [3.63, 3.8) is 0 Å². The quantitative estimate of drug-likeness (QED) is 0.172. The van der Waals surface area contributed by atoms with Crippen LogP contribution in [0.3, 0.4) is 0 Å². The van der Waals surface area contributed by atoms with Crippen molar-refractivity contribution in [2.24, 2.45) is 0 Å². The van der Waals surface area contributed by atoms with Gasteiger partial charge in [0.25, 0.3) is 0 Å². The van der Waals surface area contributed by atoms with Crippen LogP contribution in [0.15, 0.2) is 174 Å². The summed E-state index contributed by atoms with van der Waals surface area (Å²) in [4.78, 5) is 0. The van der Waals surface area contributed by atoms with Gasteiger partial charge in [0.15, 0.2) is 0 Å². The molecular formula is C51H34O. The third kappa shape index (κ3) is 4.17. The van der Waals surface area contributed by atoms with Crippen molar-refractivity contribution in [2.75, 3.05) is 0 Å². The SMILES string of the molecule is CC1(C)c2cc(-c3ccc4oc5cc6ccccc6cc5c4c3)ccc2-c2ccc(-c3c4ccccc4c(-c4ccccc4)c4ccccc34)cc21. The van der Waals surface area contributed by atoms with E-state index in [9.17, 15) is 0 Å². The molecule has 52 heavy (non-hydrogen) atoms. The zero-order valence-corrected chi connectivity index (χ0v) is 29.1. The van der Waals surface area contributed by atoms with Gasteiger partial charge in [-0.25, -0.2) is 0 Å². The molecule has 0 saturated carbocycles. The molecule has 0 unspecified atom stereocenters. The first-order chi connectivity index (χ1) is 25.5. The maximum absolute atomic E-state index is 6.33. The number of furan rings is 1. The summed E-state index contributed by atoms with van der Waals surface area (Å²) in [6.07, 6.45) is 0. The van der Waals surface area contributed by atoms with Crippen LogP contribution < -0.4 is 0 Å². The minimum atomic E-state index is -0.169. The van der Waals surface area contributed by atoms with Crippen LogP contribution in [-0.2, 0) is 5.41 Å². The largest absolute Gasteiger partial charge is 0.456 e. The van der Waals surface area contributed by atoms with E-state index in [0.29, 0.717) is 0 Å². The van der Waals surface area contributed by atoms with E-state index in [1.807, 2.05) is 0 Å². The lowest BCUT2D eigenvalue weighted by atomic mass is 9.80. The van der Waals surface area contributed by atoms with Gasteiger partial charge in [-0.15, -0.1) is 0 Å². The molecular weight excluding hydrogens is 629 g/mol. The highest BCUT2D eigenvalue weighted by atomic mass is 16.3. The fraction of sp³-hybridized carbons (Fsp3) is 0.0588. The Bertz CT molecular complexity index is 3030. The van der Waals surface area contributed by atoms with Gasteiger partial charge in [-0.3, -0.25) is 0 Å². The summed E-state index contributed by atoms with van der Waals surface area (Å²) >= 11 is 0. The van der Waals surface area contributed by atoms with Crippen molar-refractivity contribution in [3.05, 3.63) is 181 Å². The summed E-state index contributed by atoms with van der Waals surface area (Å²) in [5, 5.41) is 9.88. The van der Waals surface area contributed by atoms with E-state index in [2.05, 4.69) is 184 Å². The van der Waals surface area contributed by atoms with E-state index in [1.54, 1.807) is 0 Å². The first kappa shape index (κ1) is 29.3. The molecule has 9 aromatic carbocycles. The Morgan fingerprint density at radius 3 is 1.48 bits per heavy atom. The lowest BCUT2D eigenvalue weighted by Crippen LogP contribution is -2.15. The third-order valence-electron chi connectivity index (χ3n) is 11.6. The van der Waals surface area contributed by atoms with Crippen LogP contribution in [0.2, 0.25) is 0 Å². The highest BCUT2D eigenvalue weighted by molar-refractivity contribution is 6.21. The van der Waals surface area contributed by atoms with Gasteiger partial charge in [0.05, 0.1) is 0 Å². The van der Waals surface area contributed by atoms with E-state index in [-0.39, 0.29) is 5.41 Å². The van der Waals surface area contributed by atoms with Gasteiger partial charge in [0, 0.05) is 16.2 Å². The first-order valence-electron chi connectivity index (χ1n) is 18.2. The molecule has 244 valence electrons. The van der Waals surface area contributed by atoms with E-state index in [4.69, 9.17) is 4.42 Å². The molecule has 10 aromatic rings. The molecule has 1 heterocycles. The Kier molecular flexibility index (Phi) is 6.08. The second-order valence-corrected chi connectivity index (χ2v) is 14.9. The van der Waals surface area contributed by atoms with Crippen LogP contribution >= 0.6 is 0 Å². The van der Waals surface area contributed by atoms with Gasteiger partial charge in [-0.05, 0) is 124 Å². The summed E-state index contributed by atoms with van der Waals surface area (Å²) in [6.45, 7) is 4.77. The smallest absolute Gasteiger partial charge is 0.136 e. The summed E-state index contributed by atoms with van der Waals surface area (Å²) < 4.78 is 6.33. The van der Waals surface area contributed by atoms with Crippen LogP contribution in [0.5, 0.6) is 0 Å². The number of hydrogen-bond acceptors (Lipinski definition) is 1. The van der Waals surface area contributed by atoms with Crippen LogP contribution in [0.25, 0.3) is 98.8 Å². The molecule has 0 bridgehead atoms. The highest BCUT2D eigenvalue weighted by Crippen LogP contribution is 2.52. The minimum Gasteiger partial charge on any atom is -0.456 e. The van der Waals surface area contributed by atoms with Gasteiger partial charge >= 0.3 is 0 Å². The molecule has 0 fully saturated rings. The van der Waals surface area contributed by atoms with Gasteiger partial charge in [0.2, 0.25) is 0 Å². The molecule has 0 saturated heterocycles. The lowest BCUT2D eigenvalue weighted by molar-refractivity contribution is 0.661. The number of benzene rings is 9. The highest BCUT2D eigenvalue weighted by Gasteiger charge is 2.36. The number of fused-ring (bicyclic) bond motifs is 9. The predicted octanol–water partition coefficient (Wildman–Crippen LogP) is 14.4. The molecule has 0 aliphatic heterocycles. The fourth-order valence-corrected chi connectivity index (χ4v) is 9.07. The Morgan fingerprint density at radius 2 is 0.827 bits per heavy atom. The monoisotopic (exact) mass is 662 g/mol. The molecule has 0 radical (unpaired) electrons. The molecule has 0 spiro atoms. The van der Waals surface area contributed by atoms with Crippen LogP contribution in [0.4, 0.5) is 0 Å². The standard InChI is InChI=1S/C51H34O/c1-51(2)45-28-35(34-22-25-47-43(27-34)44-26-32-14-6-7-15-33(32)30-48(44)52-47)20-23-37(45)38-24-21-36(29-46(38)51)50-41-18-10-8-16-39(41)49(31-12-4-3-5-13-31)40-17-9-11-19-42(40)50/h3-30H,1-2H3. The molecule has 1 nitrogen and oxygen atoms in total. The molecule has 0 amide bonds. The van der Waals surface area contributed by atoms with E-state index >= 15 is 0 Å². The van der Waals surface area contributed by atoms with Crippen molar-refractivity contribution < 1.29 is 4.42 Å². The molecule has 1 heteroatoms. The zero-order valence-electron chi connectivity index (χ0n) is 29.1. The van der Waals surface area contributed by atoms with Gasteiger partial charge < -0.3 is 4.42 Å². The maximum Gasteiger partial charge on any atom is 0.136 e. The Hall–Kier alpha value is -6.44. The lowest BCUT2D eigenvalue weighted by Gasteiger charge is -2.23. The molecule has 1 aromatic heterocycles. The van der Waals surface area contributed by atoms with Crippen molar-refractivity contribution in [1.82, 2.24) is 0 Å². The van der Waals surface area contributed by atoms with Gasteiger partial charge in [-0.1, -0.05) is 147 Å². The second-order valence-electron chi connectivity index (χ2n) is 14.9. The minimum absolute atomic E-state index is 0.169. The van der Waals surface area contributed by atoms with Crippen molar-refractivity contribution in [3.8, 4) is 44.5 Å². The van der Waals surface area contributed by atoms with Crippen molar-refractivity contribution in [1.29, 1.82) is 0 Å². The summed E-state index contributed by atoms with van der Waals surface area (Å²) in [5.41, 5.74) is 14.6. The predicted molar refractivity (Wildman–Crippen MR) is 220 cm³/mol. The van der Waals surface area contributed by atoms with Gasteiger partial charge in [-0.2, -0.15) is 0 Å². The number of hydrogen-bond donors (Lipinski definition) is 0. The van der Waals surface area contributed by atoms with E-state index < -0.39 is 0 Å². The van der Waals surface area contributed by atoms with Gasteiger partial charge in [0.1, 0.15) is 11.2 Å². The summed E-state index contributed by atoms with van der Waals surface area (Å²) in [5.74, 6) is 0.